The average molecular weight is 308 g/mol. The van der Waals surface area contributed by atoms with Crippen molar-refractivity contribution < 1.29 is 5.32 Å². The van der Waals surface area contributed by atoms with Crippen molar-refractivity contribution in [3.8, 4) is 0 Å². The molecule has 3 heteroatoms. The lowest BCUT2D eigenvalue weighted by Gasteiger charge is -2.07. The molecule has 0 spiro atoms. The van der Waals surface area contributed by atoms with E-state index in [4.69, 9.17) is 0 Å². The van der Waals surface area contributed by atoms with Crippen molar-refractivity contribution >= 4 is 11.4 Å². The molecule has 23 heavy (non-hydrogen) atoms. The Morgan fingerprint density at radius 3 is 2.04 bits per heavy atom. The highest BCUT2D eigenvalue weighted by molar-refractivity contribution is 5.41. The Kier molecular flexibility index (Phi) is 5.54. The summed E-state index contributed by atoms with van der Waals surface area (Å²) in [7, 11) is 0. The number of nitrogens with zero attached hydrogens (tertiary/aromatic N) is 2. The third-order valence-corrected chi connectivity index (χ3v) is 4.61. The average Bonchev–Trinajstić information content (AvgIpc) is 3.09. The van der Waals surface area contributed by atoms with Gasteiger partial charge < -0.3 is 5.32 Å². The second-order valence-electron chi connectivity index (χ2n) is 6.58. The van der Waals surface area contributed by atoms with Gasteiger partial charge in [0, 0.05) is 11.5 Å². The standard InChI is InChI=1S/C20H25N3/c1-16-6-10-19(11-7-16)22-23-20-12-8-18(9-13-20)15-21-14-17-4-2-3-5-17/h6-13,17,21H,2-5,14-15H2,1H3/p+1. The van der Waals surface area contributed by atoms with Gasteiger partial charge in [-0.2, -0.15) is 10.2 Å². The second-order valence-corrected chi connectivity index (χ2v) is 6.58. The van der Waals surface area contributed by atoms with Crippen LogP contribution in [0.1, 0.15) is 36.8 Å². The van der Waals surface area contributed by atoms with Crippen molar-refractivity contribution in [2.45, 2.75) is 39.2 Å². The molecule has 0 bridgehead atoms. The van der Waals surface area contributed by atoms with Gasteiger partial charge in [-0.05, 0) is 44.0 Å². The number of quaternary nitrogens is 1. The predicted octanol–water partition coefficient (Wildman–Crippen LogP) is 4.66. The van der Waals surface area contributed by atoms with Crippen LogP contribution in [-0.4, -0.2) is 6.54 Å². The van der Waals surface area contributed by atoms with E-state index in [1.54, 1.807) is 0 Å². The number of hydrogen-bond donors (Lipinski definition) is 1. The predicted molar refractivity (Wildman–Crippen MR) is 94.3 cm³/mol. The van der Waals surface area contributed by atoms with Crippen molar-refractivity contribution in [2.24, 2.45) is 16.1 Å². The number of azo groups is 1. The molecule has 1 saturated carbocycles. The molecule has 0 saturated heterocycles. The molecule has 0 atom stereocenters. The first kappa shape index (κ1) is 15.9. The molecule has 0 amide bonds. The number of nitrogens with two attached hydrogens (primary N) is 1. The molecule has 120 valence electrons. The van der Waals surface area contributed by atoms with Crippen LogP contribution in [0, 0.1) is 12.8 Å². The van der Waals surface area contributed by atoms with Gasteiger partial charge in [0.15, 0.2) is 0 Å². The van der Waals surface area contributed by atoms with Crippen LogP contribution in [0.4, 0.5) is 11.4 Å². The summed E-state index contributed by atoms with van der Waals surface area (Å²) in [5.74, 6) is 0.942. The zero-order valence-electron chi connectivity index (χ0n) is 13.9. The fourth-order valence-corrected chi connectivity index (χ4v) is 3.16. The normalized spacial score (nSPS) is 15.5. The zero-order chi connectivity index (χ0) is 15.9. The number of hydrogen-bond acceptors (Lipinski definition) is 2. The van der Waals surface area contributed by atoms with Gasteiger partial charge in [0.05, 0.1) is 17.9 Å². The van der Waals surface area contributed by atoms with Gasteiger partial charge in [-0.3, -0.25) is 0 Å². The van der Waals surface area contributed by atoms with E-state index in [2.05, 4.69) is 58.9 Å². The van der Waals surface area contributed by atoms with Gasteiger partial charge in [-0.25, -0.2) is 0 Å². The molecular formula is C20H26N3+. The first-order valence-electron chi connectivity index (χ1n) is 8.68. The minimum absolute atomic E-state index is 0.893. The maximum absolute atomic E-state index is 4.31. The van der Waals surface area contributed by atoms with Crippen LogP contribution in [-0.2, 0) is 6.54 Å². The first-order valence-corrected chi connectivity index (χ1v) is 8.68. The van der Waals surface area contributed by atoms with Gasteiger partial charge in [0.2, 0.25) is 0 Å². The Labute approximate surface area is 138 Å². The van der Waals surface area contributed by atoms with Crippen molar-refractivity contribution in [1.29, 1.82) is 0 Å². The Balaban J connectivity index is 1.49. The van der Waals surface area contributed by atoms with Crippen LogP contribution in [0.15, 0.2) is 58.8 Å². The minimum Gasteiger partial charge on any atom is -0.342 e. The van der Waals surface area contributed by atoms with Crippen LogP contribution in [0.3, 0.4) is 0 Å². The van der Waals surface area contributed by atoms with Gasteiger partial charge in [0.25, 0.3) is 0 Å². The lowest BCUT2D eigenvalue weighted by Crippen LogP contribution is -2.83. The van der Waals surface area contributed by atoms with Crippen molar-refractivity contribution in [3.63, 3.8) is 0 Å². The molecule has 1 fully saturated rings. The van der Waals surface area contributed by atoms with E-state index < -0.39 is 0 Å². The molecular weight excluding hydrogens is 282 g/mol. The summed E-state index contributed by atoms with van der Waals surface area (Å²) in [6, 6.07) is 16.5. The SMILES string of the molecule is Cc1ccc(N=Nc2ccc(C[NH2+]CC3CCCC3)cc2)cc1. The summed E-state index contributed by atoms with van der Waals surface area (Å²) < 4.78 is 0. The number of aryl methyl sites for hydroxylation is 1. The van der Waals surface area contributed by atoms with Crippen LogP contribution in [0.2, 0.25) is 0 Å². The Hall–Kier alpha value is -2.00. The van der Waals surface area contributed by atoms with E-state index in [1.807, 2.05) is 12.1 Å². The highest BCUT2D eigenvalue weighted by Crippen LogP contribution is 2.23. The third kappa shape index (κ3) is 5.00. The van der Waals surface area contributed by atoms with Gasteiger partial charge in [-0.15, -0.1) is 0 Å². The molecule has 1 aliphatic carbocycles. The van der Waals surface area contributed by atoms with Crippen LogP contribution >= 0.6 is 0 Å². The third-order valence-electron chi connectivity index (χ3n) is 4.61. The summed E-state index contributed by atoms with van der Waals surface area (Å²) in [5.41, 5.74) is 4.40. The quantitative estimate of drug-likeness (QED) is 0.754. The van der Waals surface area contributed by atoms with Crippen molar-refractivity contribution in [3.05, 3.63) is 59.7 Å². The molecule has 1 aliphatic rings. The van der Waals surface area contributed by atoms with E-state index in [0.717, 1.165) is 23.8 Å². The summed E-state index contributed by atoms with van der Waals surface area (Å²) in [6.45, 7) is 4.41. The largest absolute Gasteiger partial charge is 0.342 e. The Bertz CT molecular complexity index is 623. The number of rotatable bonds is 6. The number of benzene rings is 2. The lowest BCUT2D eigenvalue weighted by atomic mass is 10.1. The highest BCUT2D eigenvalue weighted by Gasteiger charge is 2.15. The van der Waals surface area contributed by atoms with Crippen LogP contribution in [0.25, 0.3) is 0 Å². The van der Waals surface area contributed by atoms with E-state index >= 15 is 0 Å². The van der Waals surface area contributed by atoms with Crippen LogP contribution < -0.4 is 5.32 Å². The molecule has 2 aromatic rings. The molecule has 3 rings (SSSR count). The van der Waals surface area contributed by atoms with Crippen molar-refractivity contribution in [1.82, 2.24) is 0 Å². The monoisotopic (exact) mass is 308 g/mol. The summed E-state index contributed by atoms with van der Waals surface area (Å²) in [6.07, 6.45) is 5.71. The maximum Gasteiger partial charge on any atom is 0.101 e. The smallest absolute Gasteiger partial charge is 0.101 e. The van der Waals surface area contributed by atoms with Gasteiger partial charge in [-0.1, -0.05) is 42.7 Å². The van der Waals surface area contributed by atoms with E-state index in [0.29, 0.717) is 0 Å². The van der Waals surface area contributed by atoms with Gasteiger partial charge in [0.1, 0.15) is 6.54 Å². The Morgan fingerprint density at radius 2 is 1.43 bits per heavy atom. The molecule has 0 aromatic heterocycles. The second kappa shape index (κ2) is 8.02. The zero-order valence-corrected chi connectivity index (χ0v) is 13.9. The molecule has 0 heterocycles. The lowest BCUT2D eigenvalue weighted by molar-refractivity contribution is -0.675. The minimum atomic E-state index is 0.893. The molecule has 0 unspecified atom stereocenters. The fourth-order valence-electron chi connectivity index (χ4n) is 3.16. The van der Waals surface area contributed by atoms with E-state index in [9.17, 15) is 0 Å². The molecule has 0 aliphatic heterocycles. The fraction of sp³-hybridized carbons (Fsp3) is 0.400. The summed E-state index contributed by atoms with van der Waals surface area (Å²) in [5, 5.41) is 11.0. The van der Waals surface area contributed by atoms with E-state index in [-0.39, 0.29) is 0 Å². The molecule has 0 radical (unpaired) electrons. The first-order chi connectivity index (χ1) is 11.3. The maximum atomic E-state index is 4.31. The highest BCUT2D eigenvalue weighted by atomic mass is 15.1. The molecule has 2 aromatic carbocycles. The topological polar surface area (TPSA) is 41.3 Å². The van der Waals surface area contributed by atoms with Crippen LogP contribution in [0.5, 0.6) is 0 Å². The molecule has 2 N–H and O–H groups in total. The summed E-state index contributed by atoms with van der Waals surface area (Å²) in [4.78, 5) is 0. The Morgan fingerprint density at radius 1 is 0.870 bits per heavy atom. The van der Waals surface area contributed by atoms with Gasteiger partial charge >= 0.3 is 0 Å². The van der Waals surface area contributed by atoms with E-state index in [1.165, 1.54) is 43.4 Å². The molecule has 3 nitrogen and oxygen atoms in total. The summed E-state index contributed by atoms with van der Waals surface area (Å²) >= 11 is 0. The van der Waals surface area contributed by atoms with Crippen molar-refractivity contribution in [2.75, 3.05) is 6.54 Å².